The van der Waals surface area contributed by atoms with Crippen molar-refractivity contribution < 1.29 is 43.2 Å². The van der Waals surface area contributed by atoms with E-state index in [1.807, 2.05) is 68.1 Å². The molecular weight excluding hydrogens is 790 g/mol. The van der Waals surface area contributed by atoms with E-state index in [9.17, 15) is 24.2 Å². The lowest BCUT2D eigenvalue weighted by Gasteiger charge is -2.60. The first-order valence-electron chi connectivity index (χ1n) is 22.3. The van der Waals surface area contributed by atoms with Gasteiger partial charge in [0.1, 0.15) is 29.0 Å². The van der Waals surface area contributed by atoms with Crippen LogP contribution in [-0.4, -0.2) is 70.1 Å². The van der Waals surface area contributed by atoms with Gasteiger partial charge in [0.15, 0.2) is 0 Å². The van der Waals surface area contributed by atoms with Gasteiger partial charge in [-0.25, -0.2) is 9.18 Å². The molecule has 0 unspecified atom stereocenters. The molecule has 0 spiro atoms. The number of aliphatic hydroxyl groups excluding tert-OH is 2. The van der Waals surface area contributed by atoms with Gasteiger partial charge in [-0.3, -0.25) is 4.79 Å². The Kier molecular flexibility index (Phi) is 14.5. The van der Waals surface area contributed by atoms with E-state index in [1.165, 1.54) is 12.1 Å². The van der Waals surface area contributed by atoms with Crippen molar-refractivity contribution in [1.82, 2.24) is 10.2 Å². The summed E-state index contributed by atoms with van der Waals surface area (Å²) in [6, 6.07) is 20.6. The van der Waals surface area contributed by atoms with Crippen LogP contribution in [0.2, 0.25) is 0 Å². The van der Waals surface area contributed by atoms with Crippen LogP contribution in [0, 0.1) is 29.5 Å². The third-order valence-electron chi connectivity index (χ3n) is 12.4. The fraction of sp³-hybridized carbons (Fsp3) is 0.500. The highest BCUT2D eigenvalue weighted by Gasteiger charge is 2.66. The van der Waals surface area contributed by atoms with E-state index in [2.05, 4.69) is 18.0 Å². The molecule has 0 radical (unpaired) electrons. The molecule has 332 valence electrons. The Morgan fingerprint density at radius 1 is 0.984 bits per heavy atom. The van der Waals surface area contributed by atoms with Crippen molar-refractivity contribution in [3.63, 3.8) is 0 Å². The van der Waals surface area contributed by atoms with Gasteiger partial charge in [-0.15, -0.1) is 6.58 Å². The summed E-state index contributed by atoms with van der Waals surface area (Å²) in [6.45, 7) is 10.6. The van der Waals surface area contributed by atoms with Crippen LogP contribution in [0.15, 0.2) is 102 Å². The molecule has 6 atom stereocenters. The molecule has 4 aliphatic rings. The van der Waals surface area contributed by atoms with Gasteiger partial charge in [0.25, 0.3) is 0 Å². The lowest BCUT2D eigenvalue weighted by atomic mass is 9.55. The first-order valence-corrected chi connectivity index (χ1v) is 22.3. The number of fused-ring (bicyclic) bond motifs is 2. The number of nitrogens with zero attached hydrogens (tertiary/aromatic N) is 2. The van der Waals surface area contributed by atoms with Crippen LogP contribution in [0.25, 0.3) is 0 Å². The minimum Gasteiger partial charge on any atom is -0.459 e. The highest BCUT2D eigenvalue weighted by Crippen LogP contribution is 2.62. The Morgan fingerprint density at radius 2 is 1.71 bits per heavy atom. The van der Waals surface area contributed by atoms with Gasteiger partial charge >= 0.3 is 6.09 Å². The maximum absolute atomic E-state index is 14.7. The van der Waals surface area contributed by atoms with Crippen LogP contribution in [0.4, 0.5) is 9.18 Å². The first kappa shape index (κ1) is 45.0. The largest absolute Gasteiger partial charge is 0.459 e. The van der Waals surface area contributed by atoms with Gasteiger partial charge in [0, 0.05) is 50.1 Å². The number of ether oxygens (including phenoxy) is 3. The third kappa shape index (κ3) is 10.4. The molecule has 2 fully saturated rings. The zero-order chi connectivity index (χ0) is 43.9. The SMILES string of the molecule is C=CCO[C@@]12Oc3ccc(OC(=O)NCc4ccccc4)cc3[C@H]3[C@H](CCCCO)[C@@H](CCCCO)C=C(C(=NOC(C)(C)C)C[C@@H]1N(Cc1ccc(F)cc1)C(=O)C1CC1)[C@H]32. The van der Waals surface area contributed by atoms with Crippen molar-refractivity contribution in [3.8, 4) is 11.5 Å². The third-order valence-corrected chi connectivity index (χ3v) is 12.4. The monoisotopic (exact) mass is 851 g/mol. The highest BCUT2D eigenvalue weighted by atomic mass is 19.1. The molecular formula is C50H62FN3O8. The van der Waals surface area contributed by atoms with Gasteiger partial charge < -0.3 is 39.5 Å². The summed E-state index contributed by atoms with van der Waals surface area (Å²) in [5.41, 5.74) is 3.50. The molecule has 1 heterocycles. The standard InChI is InChI=1S/C50H62FN3O8/c1-5-27-59-50-44(54(47(57)35-19-20-35)32-34-17-21-37(51)22-18-34)30-42(53-62-49(2,3)4)40-28-36(15-9-11-25-55)39(16-10-12-26-56)45(46(40)50)41-29-38(23-24-43(41)61-50)60-48(58)52-31-33-13-7-6-8-14-33/h5-8,13-14,17-18,21-24,28-29,35-36,39,44-46,55-56H,1,9-12,15-16,19-20,25-27,30-32H2,2-4H3,(H,52,58)/t36-,39+,44-,45+,46+,50+/m0/s1. The molecule has 0 aromatic heterocycles. The van der Waals surface area contributed by atoms with Crippen molar-refractivity contribution in [3.05, 3.63) is 120 Å². The van der Waals surface area contributed by atoms with E-state index in [-0.39, 0.29) is 68.2 Å². The topological polar surface area (TPSA) is 139 Å². The molecule has 11 nitrogen and oxygen atoms in total. The van der Waals surface area contributed by atoms with E-state index in [1.54, 1.807) is 24.3 Å². The second kappa shape index (κ2) is 20.0. The van der Waals surface area contributed by atoms with Gasteiger partial charge in [0.2, 0.25) is 11.7 Å². The number of allylic oxidation sites excluding steroid dienone is 1. The Morgan fingerprint density at radius 3 is 2.39 bits per heavy atom. The minimum absolute atomic E-state index is 0.0151. The molecule has 3 aliphatic carbocycles. The van der Waals surface area contributed by atoms with Gasteiger partial charge in [-0.2, -0.15) is 0 Å². The number of amides is 2. The smallest absolute Gasteiger partial charge is 0.412 e. The minimum atomic E-state index is -1.45. The molecule has 0 bridgehead atoms. The quantitative estimate of drug-likeness (QED) is 0.0618. The van der Waals surface area contributed by atoms with Crippen molar-refractivity contribution >= 4 is 17.7 Å². The van der Waals surface area contributed by atoms with Crippen molar-refractivity contribution in [2.45, 2.75) is 115 Å². The van der Waals surface area contributed by atoms with Crippen molar-refractivity contribution in [2.75, 3.05) is 19.8 Å². The molecule has 3 N–H and O–H groups in total. The number of unbranched alkanes of at least 4 members (excludes halogenated alkanes) is 2. The number of nitrogens with one attached hydrogen (secondary N) is 1. The predicted molar refractivity (Wildman–Crippen MR) is 235 cm³/mol. The number of oxime groups is 1. The number of benzene rings is 3. The molecule has 2 amide bonds. The van der Waals surface area contributed by atoms with Crippen LogP contribution in [0.1, 0.15) is 101 Å². The maximum Gasteiger partial charge on any atom is 0.412 e. The molecule has 7 rings (SSSR count). The van der Waals surface area contributed by atoms with E-state index in [0.29, 0.717) is 36.6 Å². The molecule has 3 aromatic rings. The van der Waals surface area contributed by atoms with E-state index < -0.39 is 29.4 Å². The van der Waals surface area contributed by atoms with Crippen LogP contribution in [0.3, 0.4) is 0 Å². The molecule has 3 aromatic carbocycles. The van der Waals surface area contributed by atoms with Gasteiger partial charge in [-0.1, -0.05) is 72.6 Å². The second-order valence-electron chi connectivity index (χ2n) is 18.1. The van der Waals surface area contributed by atoms with E-state index in [0.717, 1.165) is 60.8 Å². The average Bonchev–Trinajstić information content (AvgIpc) is 4.11. The Balaban J connectivity index is 1.41. The predicted octanol–water partition coefficient (Wildman–Crippen LogP) is 8.99. The molecule has 62 heavy (non-hydrogen) atoms. The summed E-state index contributed by atoms with van der Waals surface area (Å²) in [4.78, 5) is 36.1. The zero-order valence-electron chi connectivity index (χ0n) is 36.3. The fourth-order valence-electron chi connectivity index (χ4n) is 9.51. The number of aliphatic hydroxyl groups is 2. The van der Waals surface area contributed by atoms with Crippen LogP contribution >= 0.6 is 0 Å². The molecule has 12 heteroatoms. The Bertz CT molecular complexity index is 2080. The lowest BCUT2D eigenvalue weighted by molar-refractivity contribution is -0.258. The number of halogens is 1. The number of carbonyl (C=O) groups is 2. The summed E-state index contributed by atoms with van der Waals surface area (Å²) in [5, 5.41) is 27.6. The second-order valence-corrected chi connectivity index (χ2v) is 18.1. The summed E-state index contributed by atoms with van der Waals surface area (Å²) < 4.78 is 34.6. The average molecular weight is 852 g/mol. The summed E-state index contributed by atoms with van der Waals surface area (Å²) in [6.07, 6.45) is 9.54. The lowest BCUT2D eigenvalue weighted by Crippen LogP contribution is -2.70. The number of rotatable bonds is 19. The van der Waals surface area contributed by atoms with Crippen molar-refractivity contribution in [2.24, 2.45) is 28.8 Å². The summed E-state index contributed by atoms with van der Waals surface area (Å²) in [5.74, 6) is -1.94. The Hall–Kier alpha value is -5.04. The van der Waals surface area contributed by atoms with Crippen LogP contribution < -0.4 is 14.8 Å². The van der Waals surface area contributed by atoms with Gasteiger partial charge in [-0.05, 0) is 118 Å². The van der Waals surface area contributed by atoms with Crippen LogP contribution in [-0.2, 0) is 27.5 Å². The highest BCUT2D eigenvalue weighted by molar-refractivity contribution is 6.03. The van der Waals surface area contributed by atoms with Crippen LogP contribution in [0.5, 0.6) is 11.5 Å². The Labute approximate surface area is 365 Å². The number of hydrogen-bond donors (Lipinski definition) is 3. The molecule has 1 aliphatic heterocycles. The zero-order valence-corrected chi connectivity index (χ0v) is 36.3. The van der Waals surface area contributed by atoms with Crippen molar-refractivity contribution in [1.29, 1.82) is 0 Å². The summed E-state index contributed by atoms with van der Waals surface area (Å²) >= 11 is 0. The first-order chi connectivity index (χ1) is 29.9. The number of carbonyl (C=O) groups excluding carboxylic acids is 2. The fourth-order valence-corrected chi connectivity index (χ4v) is 9.51. The van der Waals surface area contributed by atoms with Gasteiger partial charge in [0.05, 0.1) is 18.2 Å². The molecule has 2 saturated carbocycles. The number of hydrogen-bond acceptors (Lipinski definition) is 9. The maximum atomic E-state index is 14.7. The van der Waals surface area contributed by atoms with E-state index >= 15 is 0 Å². The summed E-state index contributed by atoms with van der Waals surface area (Å²) in [7, 11) is 0. The molecule has 0 saturated heterocycles. The normalized spacial score (nSPS) is 24.5. The van der Waals surface area contributed by atoms with E-state index in [4.69, 9.17) is 24.2 Å².